The Hall–Kier alpha value is -0.570. The molecular formula is C16H29N2O+. The normalized spacial score (nSPS) is 40.8. The van der Waals surface area contributed by atoms with Crippen molar-refractivity contribution in [2.75, 3.05) is 19.6 Å². The molecule has 19 heavy (non-hydrogen) atoms. The first-order valence-electron chi connectivity index (χ1n) is 8.08. The van der Waals surface area contributed by atoms with E-state index in [9.17, 15) is 4.79 Å². The van der Waals surface area contributed by atoms with Gasteiger partial charge in [0.1, 0.15) is 0 Å². The highest BCUT2D eigenvalue weighted by Gasteiger charge is 2.60. The number of rotatable bonds is 3. The summed E-state index contributed by atoms with van der Waals surface area (Å²) in [6.45, 7) is 10.1. The van der Waals surface area contributed by atoms with Crippen LogP contribution in [0.1, 0.15) is 52.9 Å². The van der Waals surface area contributed by atoms with Crippen molar-refractivity contribution in [2.24, 2.45) is 17.3 Å². The molecule has 108 valence electrons. The van der Waals surface area contributed by atoms with E-state index >= 15 is 0 Å². The van der Waals surface area contributed by atoms with E-state index in [0.717, 1.165) is 5.92 Å². The number of carbonyl (C=O) groups excluding carboxylic acids is 1. The summed E-state index contributed by atoms with van der Waals surface area (Å²) in [6.07, 6.45) is 6.56. The van der Waals surface area contributed by atoms with Gasteiger partial charge < -0.3 is 10.2 Å². The van der Waals surface area contributed by atoms with Crippen molar-refractivity contribution in [3.63, 3.8) is 0 Å². The highest BCUT2D eigenvalue weighted by Crippen LogP contribution is 2.61. The Labute approximate surface area is 117 Å². The summed E-state index contributed by atoms with van der Waals surface area (Å²) in [4.78, 5) is 13.9. The smallest absolute Gasteiger partial charge is 0.275 e. The minimum Gasteiger partial charge on any atom is -0.345 e. The van der Waals surface area contributed by atoms with Crippen LogP contribution in [-0.4, -0.2) is 31.1 Å². The molecule has 3 heteroatoms. The first-order valence-corrected chi connectivity index (χ1v) is 8.08. The van der Waals surface area contributed by atoms with Gasteiger partial charge in [-0.15, -0.1) is 0 Å². The number of hydrogen-bond donors (Lipinski definition) is 2. The summed E-state index contributed by atoms with van der Waals surface area (Å²) in [7, 11) is 0. The van der Waals surface area contributed by atoms with Crippen LogP contribution < -0.4 is 10.2 Å². The summed E-state index contributed by atoms with van der Waals surface area (Å²) in [5, 5.41) is 3.44. The molecular weight excluding hydrogens is 236 g/mol. The van der Waals surface area contributed by atoms with E-state index in [2.05, 4.69) is 26.1 Å². The van der Waals surface area contributed by atoms with Crippen LogP contribution in [0.5, 0.6) is 0 Å². The monoisotopic (exact) mass is 265 g/mol. The van der Waals surface area contributed by atoms with Crippen LogP contribution in [-0.2, 0) is 4.79 Å². The molecule has 2 bridgehead atoms. The van der Waals surface area contributed by atoms with Gasteiger partial charge in [-0.1, -0.05) is 13.8 Å². The highest BCUT2D eigenvalue weighted by molar-refractivity contribution is 5.78. The van der Waals surface area contributed by atoms with Gasteiger partial charge in [0.05, 0.1) is 13.1 Å². The Bertz CT molecular complexity index is 373. The fourth-order valence-electron chi connectivity index (χ4n) is 4.99. The lowest BCUT2D eigenvalue weighted by molar-refractivity contribution is -0.879. The molecule has 3 fully saturated rings. The molecule has 1 heterocycles. The van der Waals surface area contributed by atoms with E-state index in [1.807, 2.05) is 0 Å². The molecule has 1 amide bonds. The summed E-state index contributed by atoms with van der Waals surface area (Å²) in [5.41, 5.74) is 0.276. The SMILES string of the molecule is CC1(C)[C@H]2CC[C@H](C2)[C@@]1(C)NC(=O)C[NH+]1CCCC1. The second kappa shape index (κ2) is 4.47. The van der Waals surface area contributed by atoms with Gasteiger partial charge in [-0.2, -0.15) is 0 Å². The van der Waals surface area contributed by atoms with Crippen LogP contribution in [0.2, 0.25) is 0 Å². The van der Waals surface area contributed by atoms with Crippen LogP contribution in [0.3, 0.4) is 0 Å². The first kappa shape index (κ1) is 13.4. The predicted octanol–water partition coefficient (Wildman–Crippen LogP) is 0.996. The Morgan fingerprint density at radius 3 is 2.37 bits per heavy atom. The van der Waals surface area contributed by atoms with Crippen LogP contribution in [0.4, 0.5) is 0 Å². The maximum absolute atomic E-state index is 12.4. The largest absolute Gasteiger partial charge is 0.345 e. The Balaban J connectivity index is 1.66. The summed E-state index contributed by atoms with van der Waals surface area (Å²) in [5.74, 6) is 1.78. The van der Waals surface area contributed by atoms with E-state index in [1.54, 1.807) is 0 Å². The average Bonchev–Trinajstić information content (AvgIpc) is 2.99. The molecule has 1 aliphatic heterocycles. The predicted molar refractivity (Wildman–Crippen MR) is 76.0 cm³/mol. The van der Waals surface area contributed by atoms with E-state index < -0.39 is 0 Å². The van der Waals surface area contributed by atoms with Gasteiger partial charge in [-0.3, -0.25) is 4.79 Å². The summed E-state index contributed by atoms with van der Waals surface area (Å²) in [6, 6.07) is 0. The topological polar surface area (TPSA) is 33.5 Å². The number of nitrogens with one attached hydrogen (secondary N) is 2. The number of amides is 1. The summed E-state index contributed by atoms with van der Waals surface area (Å²) >= 11 is 0. The second-order valence-corrected chi connectivity index (χ2v) is 7.81. The third kappa shape index (κ3) is 2.01. The lowest BCUT2D eigenvalue weighted by Crippen LogP contribution is -3.11. The molecule has 0 aromatic rings. The fourth-order valence-corrected chi connectivity index (χ4v) is 4.99. The van der Waals surface area contributed by atoms with Crippen LogP contribution >= 0.6 is 0 Å². The zero-order chi connectivity index (χ0) is 13.7. The van der Waals surface area contributed by atoms with E-state index in [0.29, 0.717) is 12.5 Å². The number of likely N-dealkylation sites (tertiary alicyclic amines) is 1. The Kier molecular flexibility index (Phi) is 3.16. The Morgan fingerprint density at radius 1 is 1.16 bits per heavy atom. The number of carbonyl (C=O) groups is 1. The van der Waals surface area contributed by atoms with Gasteiger partial charge in [0, 0.05) is 18.4 Å². The van der Waals surface area contributed by atoms with Crippen molar-refractivity contribution in [2.45, 2.75) is 58.4 Å². The maximum atomic E-state index is 12.4. The third-order valence-electron chi connectivity index (χ3n) is 6.73. The molecule has 2 aliphatic carbocycles. The van der Waals surface area contributed by atoms with E-state index in [1.165, 1.54) is 50.1 Å². The molecule has 0 aromatic carbocycles. The molecule has 2 N–H and O–H groups in total. The molecule has 1 saturated heterocycles. The molecule has 3 rings (SSSR count). The number of fused-ring (bicyclic) bond motifs is 2. The van der Waals surface area contributed by atoms with E-state index in [4.69, 9.17) is 0 Å². The highest BCUT2D eigenvalue weighted by atomic mass is 16.2. The zero-order valence-corrected chi connectivity index (χ0v) is 12.7. The lowest BCUT2D eigenvalue weighted by Gasteiger charge is -2.48. The van der Waals surface area contributed by atoms with Gasteiger partial charge in [-0.25, -0.2) is 0 Å². The standard InChI is InChI=1S/C16H28N2O/c1-15(2)12-6-7-13(10-12)16(15,3)17-14(19)11-18-8-4-5-9-18/h12-13H,4-11H2,1-3H3,(H,17,19)/p+1/t12-,13+,16+/m0/s1. The minimum atomic E-state index is 0.0200. The van der Waals surface area contributed by atoms with Crippen molar-refractivity contribution >= 4 is 5.91 Å². The van der Waals surface area contributed by atoms with Crippen LogP contribution in [0.15, 0.2) is 0 Å². The van der Waals surface area contributed by atoms with Crippen molar-refractivity contribution in [1.29, 1.82) is 0 Å². The van der Waals surface area contributed by atoms with Crippen LogP contribution in [0, 0.1) is 17.3 Å². The lowest BCUT2D eigenvalue weighted by atomic mass is 9.64. The number of hydrogen-bond acceptors (Lipinski definition) is 1. The quantitative estimate of drug-likeness (QED) is 0.784. The molecule has 0 radical (unpaired) electrons. The minimum absolute atomic E-state index is 0.0200. The van der Waals surface area contributed by atoms with Gasteiger partial charge in [0.2, 0.25) is 0 Å². The molecule has 3 nitrogen and oxygen atoms in total. The molecule has 3 aliphatic rings. The van der Waals surface area contributed by atoms with Gasteiger partial charge in [0.15, 0.2) is 6.54 Å². The molecule has 0 aromatic heterocycles. The second-order valence-electron chi connectivity index (χ2n) is 7.81. The van der Waals surface area contributed by atoms with Gasteiger partial charge >= 0.3 is 0 Å². The van der Waals surface area contributed by atoms with Crippen LogP contribution in [0.25, 0.3) is 0 Å². The maximum Gasteiger partial charge on any atom is 0.275 e. The fraction of sp³-hybridized carbons (Fsp3) is 0.938. The van der Waals surface area contributed by atoms with Crippen molar-refractivity contribution in [1.82, 2.24) is 5.32 Å². The molecule has 2 saturated carbocycles. The molecule has 0 spiro atoms. The molecule has 3 atom stereocenters. The number of quaternary nitrogens is 1. The molecule has 0 unspecified atom stereocenters. The van der Waals surface area contributed by atoms with Crippen molar-refractivity contribution < 1.29 is 9.69 Å². The van der Waals surface area contributed by atoms with Gasteiger partial charge in [-0.05, 0) is 43.4 Å². The van der Waals surface area contributed by atoms with E-state index in [-0.39, 0.29) is 16.9 Å². The Morgan fingerprint density at radius 2 is 1.79 bits per heavy atom. The zero-order valence-electron chi connectivity index (χ0n) is 12.7. The summed E-state index contributed by atoms with van der Waals surface area (Å²) < 4.78 is 0. The van der Waals surface area contributed by atoms with Crippen molar-refractivity contribution in [3.05, 3.63) is 0 Å². The van der Waals surface area contributed by atoms with Gasteiger partial charge in [0.25, 0.3) is 5.91 Å². The van der Waals surface area contributed by atoms with Crippen molar-refractivity contribution in [3.8, 4) is 0 Å². The first-order chi connectivity index (χ1) is 8.93. The third-order valence-corrected chi connectivity index (χ3v) is 6.73. The average molecular weight is 265 g/mol.